The highest BCUT2D eigenvalue weighted by atomic mass is 79.9. The molecule has 2 nitrogen and oxygen atoms in total. The molecule has 0 atom stereocenters. The van der Waals surface area contributed by atoms with Crippen LogP contribution < -0.4 is 10.2 Å². The minimum absolute atomic E-state index is 0.275. The Morgan fingerprint density at radius 2 is 0.957 bits per heavy atom. The SMILES string of the molecule is Brc1ccc(NC2=CCN(c3ccc(Br)cc3)C=C2)cc1.CC.Cc1cc(C)cc(C(C)(C)C)c1.Cc1cc(C)cc(C(C)(C)C)c1. The van der Waals surface area contributed by atoms with E-state index in [2.05, 4.69) is 202 Å². The standard InChI is InChI=1S/C17H14Br2N2.2C12H18.C2H6/c18-13-1-5-15(6-2-13)20-16-9-11-21(12-10-16)17-7-3-14(19)4-8-17;2*1-9-6-10(2)8-11(7-9)12(3,4)5;1-2/h1-11,20H,12H2;2*6-8H,1-5H3;1-2H3. The molecule has 1 heterocycles. The molecular formula is C43H56Br2N2. The molecule has 0 amide bonds. The van der Waals surface area contributed by atoms with Crippen LogP contribution in [0.4, 0.5) is 11.4 Å². The van der Waals surface area contributed by atoms with E-state index >= 15 is 0 Å². The maximum Gasteiger partial charge on any atom is 0.0429 e. The molecule has 0 spiro atoms. The van der Waals surface area contributed by atoms with Gasteiger partial charge in [-0.1, -0.05) is 146 Å². The zero-order chi connectivity index (χ0) is 35.4. The van der Waals surface area contributed by atoms with Gasteiger partial charge in [-0.05, 0) is 110 Å². The van der Waals surface area contributed by atoms with Crippen molar-refractivity contribution in [3.63, 3.8) is 0 Å². The minimum Gasteiger partial charge on any atom is -0.356 e. The van der Waals surface area contributed by atoms with E-state index in [9.17, 15) is 0 Å². The summed E-state index contributed by atoms with van der Waals surface area (Å²) >= 11 is 6.90. The van der Waals surface area contributed by atoms with Crippen LogP contribution in [0.15, 0.2) is 118 Å². The van der Waals surface area contributed by atoms with E-state index in [0.29, 0.717) is 0 Å². The molecule has 0 fully saturated rings. The fourth-order valence-electron chi connectivity index (χ4n) is 4.93. The third kappa shape index (κ3) is 14.3. The lowest BCUT2D eigenvalue weighted by Crippen LogP contribution is -2.20. The van der Waals surface area contributed by atoms with Crippen LogP contribution in [0, 0.1) is 27.7 Å². The Kier molecular flexibility index (Phi) is 15.7. The molecule has 0 aliphatic carbocycles. The predicted molar refractivity (Wildman–Crippen MR) is 217 cm³/mol. The van der Waals surface area contributed by atoms with Crippen LogP contribution in [-0.2, 0) is 10.8 Å². The molecule has 4 heteroatoms. The Labute approximate surface area is 303 Å². The van der Waals surface area contributed by atoms with Gasteiger partial charge >= 0.3 is 0 Å². The molecule has 0 radical (unpaired) electrons. The Bertz CT molecular complexity index is 1500. The average Bonchev–Trinajstić information content (AvgIpc) is 2.99. The molecule has 0 unspecified atom stereocenters. The van der Waals surface area contributed by atoms with Crippen molar-refractivity contribution in [3.05, 3.63) is 151 Å². The number of benzene rings is 4. The second kappa shape index (κ2) is 18.5. The van der Waals surface area contributed by atoms with Crippen LogP contribution >= 0.6 is 31.9 Å². The summed E-state index contributed by atoms with van der Waals surface area (Å²) in [5, 5.41) is 3.41. The lowest BCUT2D eigenvalue weighted by molar-refractivity contribution is 0.589. The molecule has 252 valence electrons. The van der Waals surface area contributed by atoms with E-state index in [4.69, 9.17) is 0 Å². The lowest BCUT2D eigenvalue weighted by Gasteiger charge is -2.23. The first-order chi connectivity index (χ1) is 22.0. The first-order valence-corrected chi connectivity index (χ1v) is 18.2. The van der Waals surface area contributed by atoms with Gasteiger partial charge in [0.05, 0.1) is 0 Å². The molecular weight excluding hydrogens is 704 g/mol. The van der Waals surface area contributed by atoms with Gasteiger partial charge in [-0.25, -0.2) is 0 Å². The van der Waals surface area contributed by atoms with Crippen LogP contribution in [0.5, 0.6) is 0 Å². The van der Waals surface area contributed by atoms with Gasteiger partial charge in [-0.2, -0.15) is 0 Å². The van der Waals surface area contributed by atoms with Crippen molar-refractivity contribution in [2.45, 2.75) is 93.9 Å². The van der Waals surface area contributed by atoms with Crippen LogP contribution in [0.1, 0.15) is 88.8 Å². The van der Waals surface area contributed by atoms with Crippen LogP contribution in [-0.4, -0.2) is 6.54 Å². The van der Waals surface area contributed by atoms with Gasteiger partial charge in [-0.3, -0.25) is 0 Å². The molecule has 0 saturated carbocycles. The molecule has 4 aromatic rings. The summed E-state index contributed by atoms with van der Waals surface area (Å²) < 4.78 is 2.18. The summed E-state index contributed by atoms with van der Waals surface area (Å²) in [5.41, 5.74) is 12.2. The monoisotopic (exact) mass is 758 g/mol. The van der Waals surface area contributed by atoms with Gasteiger partial charge in [0.2, 0.25) is 0 Å². The summed E-state index contributed by atoms with van der Waals surface area (Å²) in [6, 6.07) is 30.0. The predicted octanol–water partition coefficient (Wildman–Crippen LogP) is 13.8. The fraction of sp³-hybridized carbons (Fsp3) is 0.349. The fourth-order valence-corrected chi connectivity index (χ4v) is 5.46. The number of rotatable bonds is 3. The first-order valence-electron chi connectivity index (χ1n) is 16.6. The molecule has 5 rings (SSSR count). The molecule has 4 aromatic carbocycles. The summed E-state index contributed by atoms with van der Waals surface area (Å²) in [4.78, 5) is 2.21. The lowest BCUT2D eigenvalue weighted by atomic mass is 9.85. The van der Waals surface area contributed by atoms with E-state index in [0.717, 1.165) is 26.9 Å². The Morgan fingerprint density at radius 1 is 0.574 bits per heavy atom. The molecule has 1 aliphatic heterocycles. The highest BCUT2D eigenvalue weighted by molar-refractivity contribution is 9.10. The molecule has 0 bridgehead atoms. The number of nitrogens with zero attached hydrogens (tertiary/aromatic N) is 1. The second-order valence-corrected chi connectivity index (χ2v) is 15.8. The molecule has 0 aromatic heterocycles. The van der Waals surface area contributed by atoms with Crippen molar-refractivity contribution in [2.24, 2.45) is 0 Å². The minimum atomic E-state index is 0.275. The van der Waals surface area contributed by atoms with Gasteiger partial charge in [-0.15, -0.1) is 0 Å². The van der Waals surface area contributed by atoms with Gasteiger partial charge in [0.1, 0.15) is 0 Å². The van der Waals surface area contributed by atoms with Gasteiger partial charge in [0.25, 0.3) is 0 Å². The van der Waals surface area contributed by atoms with Crippen LogP contribution in [0.2, 0.25) is 0 Å². The van der Waals surface area contributed by atoms with E-state index < -0.39 is 0 Å². The van der Waals surface area contributed by atoms with E-state index in [-0.39, 0.29) is 10.8 Å². The van der Waals surface area contributed by atoms with Crippen molar-refractivity contribution >= 4 is 43.2 Å². The Morgan fingerprint density at radius 3 is 1.30 bits per heavy atom. The van der Waals surface area contributed by atoms with Crippen molar-refractivity contribution in [1.29, 1.82) is 0 Å². The number of hydrogen-bond donors (Lipinski definition) is 1. The number of nitrogens with one attached hydrogen (secondary N) is 1. The van der Waals surface area contributed by atoms with Crippen molar-refractivity contribution < 1.29 is 0 Å². The maximum atomic E-state index is 3.46. The van der Waals surface area contributed by atoms with E-state index in [1.54, 1.807) is 0 Å². The van der Waals surface area contributed by atoms with Crippen LogP contribution in [0.25, 0.3) is 0 Å². The van der Waals surface area contributed by atoms with E-state index in [1.807, 2.05) is 26.0 Å². The third-order valence-corrected chi connectivity index (χ3v) is 8.47. The normalized spacial score (nSPS) is 12.4. The largest absolute Gasteiger partial charge is 0.356 e. The summed E-state index contributed by atoms with van der Waals surface area (Å²) in [7, 11) is 0. The maximum absolute atomic E-state index is 3.46. The van der Waals surface area contributed by atoms with Crippen molar-refractivity contribution in [1.82, 2.24) is 0 Å². The number of hydrogen-bond acceptors (Lipinski definition) is 2. The molecule has 1 aliphatic rings. The quantitative estimate of drug-likeness (QED) is 0.224. The molecule has 47 heavy (non-hydrogen) atoms. The zero-order valence-electron chi connectivity index (χ0n) is 30.7. The second-order valence-electron chi connectivity index (χ2n) is 14.0. The van der Waals surface area contributed by atoms with Crippen molar-refractivity contribution in [3.8, 4) is 0 Å². The first kappa shape index (κ1) is 40.1. The Hall–Kier alpha value is -3.08. The van der Waals surface area contributed by atoms with Crippen molar-refractivity contribution in [2.75, 3.05) is 16.8 Å². The third-order valence-electron chi connectivity index (χ3n) is 7.41. The van der Waals surface area contributed by atoms with Crippen LogP contribution in [0.3, 0.4) is 0 Å². The number of anilines is 2. The summed E-state index contributed by atoms with van der Waals surface area (Å²) in [5.74, 6) is 0. The van der Waals surface area contributed by atoms with E-state index in [1.165, 1.54) is 39.1 Å². The Balaban J connectivity index is 0.000000255. The molecule has 1 N–H and O–H groups in total. The summed E-state index contributed by atoms with van der Waals surface area (Å²) in [6.45, 7) is 27.0. The highest BCUT2D eigenvalue weighted by Crippen LogP contribution is 2.26. The smallest absolute Gasteiger partial charge is 0.0429 e. The zero-order valence-corrected chi connectivity index (χ0v) is 33.9. The van der Waals surface area contributed by atoms with Gasteiger partial charge in [0, 0.05) is 38.8 Å². The topological polar surface area (TPSA) is 15.3 Å². The number of halogens is 2. The highest BCUT2D eigenvalue weighted by Gasteiger charge is 2.14. The van der Waals surface area contributed by atoms with Gasteiger partial charge < -0.3 is 10.2 Å². The van der Waals surface area contributed by atoms with Gasteiger partial charge in [0.15, 0.2) is 0 Å². The molecule has 0 saturated heterocycles. The average molecular weight is 761 g/mol. The number of allylic oxidation sites excluding steroid dienone is 1. The number of aryl methyl sites for hydroxylation is 4. The summed E-state index contributed by atoms with van der Waals surface area (Å²) in [6.07, 6.45) is 6.38.